The van der Waals surface area contributed by atoms with Gasteiger partial charge >= 0.3 is 0 Å². The van der Waals surface area contributed by atoms with Crippen LogP contribution in [0.2, 0.25) is 5.02 Å². The van der Waals surface area contributed by atoms with Gasteiger partial charge in [-0.05, 0) is 42.5 Å². The van der Waals surface area contributed by atoms with Gasteiger partial charge in [-0.1, -0.05) is 23.4 Å². The molecule has 0 amide bonds. The van der Waals surface area contributed by atoms with E-state index in [0.29, 0.717) is 10.6 Å². The van der Waals surface area contributed by atoms with Crippen molar-refractivity contribution in [3.05, 3.63) is 58.9 Å². The minimum absolute atomic E-state index is 0.0397. The highest BCUT2D eigenvalue weighted by atomic mass is 35.5. The first-order valence-electron chi connectivity index (χ1n) is 5.13. The number of hydrogen-bond acceptors (Lipinski definition) is 2. The molecule has 0 radical (unpaired) electrons. The monoisotopic (exact) mass is 280 g/mol. The quantitative estimate of drug-likeness (QED) is 0.661. The number of amidine groups is 1. The summed E-state index contributed by atoms with van der Waals surface area (Å²) in [5, 5.41) is 8.05. The van der Waals surface area contributed by atoms with Crippen LogP contribution in [0, 0.1) is 11.2 Å². The van der Waals surface area contributed by atoms with Crippen LogP contribution in [0.5, 0.6) is 0 Å². The van der Waals surface area contributed by atoms with Crippen LogP contribution in [0.1, 0.15) is 5.56 Å². The third-order valence-electron chi connectivity index (χ3n) is 2.27. The Hall–Kier alpha value is -1.52. The highest BCUT2D eigenvalue weighted by Crippen LogP contribution is 2.31. The Morgan fingerprint density at radius 2 is 1.83 bits per heavy atom. The largest absolute Gasteiger partial charge is 0.384 e. The van der Waals surface area contributed by atoms with Gasteiger partial charge < -0.3 is 5.73 Å². The predicted octanol–water partition coefficient (Wildman–Crippen LogP) is 3.91. The fraction of sp³-hybridized carbons (Fsp3) is 0. The van der Waals surface area contributed by atoms with E-state index in [2.05, 4.69) is 0 Å². The standard InChI is InChI=1S/C13H10ClFN2S/c14-8-1-6-12(11(7-8)13(16)17)18-10-4-2-9(15)3-5-10/h1-7H,(H3,16,17). The molecule has 92 valence electrons. The number of nitrogens with one attached hydrogen (secondary N) is 1. The van der Waals surface area contributed by atoms with E-state index in [1.54, 1.807) is 30.3 Å². The Kier molecular flexibility index (Phi) is 3.89. The average molecular weight is 281 g/mol. The van der Waals surface area contributed by atoms with E-state index in [1.807, 2.05) is 0 Å². The molecule has 2 aromatic rings. The summed E-state index contributed by atoms with van der Waals surface area (Å²) in [6.45, 7) is 0. The maximum atomic E-state index is 12.8. The summed E-state index contributed by atoms with van der Waals surface area (Å²) >= 11 is 7.29. The highest BCUT2D eigenvalue weighted by Gasteiger charge is 2.08. The molecule has 0 bridgehead atoms. The van der Waals surface area contributed by atoms with Gasteiger partial charge in [-0.15, -0.1) is 0 Å². The number of halogens is 2. The molecule has 0 spiro atoms. The molecule has 0 atom stereocenters. The molecular weight excluding hydrogens is 271 g/mol. The first-order chi connectivity index (χ1) is 8.56. The summed E-state index contributed by atoms with van der Waals surface area (Å²) < 4.78 is 12.8. The van der Waals surface area contributed by atoms with E-state index in [0.717, 1.165) is 9.79 Å². The zero-order valence-electron chi connectivity index (χ0n) is 9.28. The fourth-order valence-corrected chi connectivity index (χ4v) is 2.54. The second-order valence-corrected chi connectivity index (χ2v) is 5.16. The first kappa shape index (κ1) is 12.9. The van der Waals surface area contributed by atoms with E-state index in [9.17, 15) is 4.39 Å². The molecule has 0 aliphatic carbocycles. The molecule has 2 nitrogen and oxygen atoms in total. The maximum Gasteiger partial charge on any atom is 0.123 e. The number of nitrogen functional groups attached to an aromatic ring is 1. The van der Waals surface area contributed by atoms with Crippen LogP contribution in [0.4, 0.5) is 4.39 Å². The average Bonchev–Trinajstić information content (AvgIpc) is 2.34. The summed E-state index contributed by atoms with van der Waals surface area (Å²) in [5.41, 5.74) is 6.09. The normalized spacial score (nSPS) is 10.3. The van der Waals surface area contributed by atoms with E-state index in [4.69, 9.17) is 22.7 Å². The van der Waals surface area contributed by atoms with Crippen LogP contribution in [-0.2, 0) is 0 Å². The SMILES string of the molecule is N=C(N)c1cc(Cl)ccc1Sc1ccc(F)cc1. The van der Waals surface area contributed by atoms with Crippen molar-refractivity contribution in [1.29, 1.82) is 5.41 Å². The zero-order valence-corrected chi connectivity index (χ0v) is 10.9. The van der Waals surface area contributed by atoms with Crippen LogP contribution in [0.3, 0.4) is 0 Å². The molecule has 2 rings (SSSR count). The van der Waals surface area contributed by atoms with E-state index in [1.165, 1.54) is 23.9 Å². The van der Waals surface area contributed by atoms with Crippen molar-refractivity contribution in [2.75, 3.05) is 0 Å². The lowest BCUT2D eigenvalue weighted by atomic mass is 10.2. The van der Waals surface area contributed by atoms with Crippen LogP contribution >= 0.6 is 23.4 Å². The van der Waals surface area contributed by atoms with Gasteiger partial charge in [0.05, 0.1) is 0 Å². The number of rotatable bonds is 3. The minimum Gasteiger partial charge on any atom is -0.384 e. The molecule has 0 aliphatic heterocycles. The number of benzene rings is 2. The summed E-state index contributed by atoms with van der Waals surface area (Å²) in [6, 6.07) is 11.3. The molecule has 3 N–H and O–H groups in total. The maximum absolute atomic E-state index is 12.8. The molecule has 0 aliphatic rings. The summed E-state index contributed by atoms with van der Waals surface area (Å²) in [6.07, 6.45) is 0. The summed E-state index contributed by atoms with van der Waals surface area (Å²) in [7, 11) is 0. The highest BCUT2D eigenvalue weighted by molar-refractivity contribution is 7.99. The Bertz CT molecular complexity index is 584. The van der Waals surface area contributed by atoms with Gasteiger partial charge in [0.15, 0.2) is 0 Å². The van der Waals surface area contributed by atoms with Crippen molar-refractivity contribution >= 4 is 29.2 Å². The lowest BCUT2D eigenvalue weighted by molar-refractivity contribution is 0.626. The molecule has 0 heterocycles. The third-order valence-corrected chi connectivity index (χ3v) is 3.59. The van der Waals surface area contributed by atoms with Crippen LogP contribution in [0.15, 0.2) is 52.3 Å². The van der Waals surface area contributed by atoms with Gasteiger partial charge in [0.1, 0.15) is 11.7 Å². The first-order valence-corrected chi connectivity index (χ1v) is 6.33. The molecular formula is C13H10ClFN2S. The third kappa shape index (κ3) is 3.03. The van der Waals surface area contributed by atoms with Crippen LogP contribution in [-0.4, -0.2) is 5.84 Å². The van der Waals surface area contributed by atoms with Crippen molar-refractivity contribution in [3.63, 3.8) is 0 Å². The van der Waals surface area contributed by atoms with E-state index in [-0.39, 0.29) is 11.7 Å². The topological polar surface area (TPSA) is 49.9 Å². The second kappa shape index (κ2) is 5.42. The number of nitrogens with two attached hydrogens (primary N) is 1. The zero-order chi connectivity index (χ0) is 13.1. The number of hydrogen-bond donors (Lipinski definition) is 2. The second-order valence-electron chi connectivity index (χ2n) is 3.61. The van der Waals surface area contributed by atoms with E-state index >= 15 is 0 Å². The van der Waals surface area contributed by atoms with Crippen molar-refractivity contribution in [2.24, 2.45) is 5.73 Å². The smallest absolute Gasteiger partial charge is 0.123 e. The fourth-order valence-electron chi connectivity index (χ4n) is 1.43. The van der Waals surface area contributed by atoms with Crippen molar-refractivity contribution in [2.45, 2.75) is 9.79 Å². The van der Waals surface area contributed by atoms with Crippen LogP contribution in [0.25, 0.3) is 0 Å². The minimum atomic E-state index is -0.276. The van der Waals surface area contributed by atoms with Crippen molar-refractivity contribution < 1.29 is 4.39 Å². The molecule has 2 aromatic carbocycles. The molecule has 0 saturated carbocycles. The van der Waals surface area contributed by atoms with Gasteiger partial charge in [0, 0.05) is 20.4 Å². The Labute approximate surface area is 113 Å². The molecule has 18 heavy (non-hydrogen) atoms. The van der Waals surface area contributed by atoms with Gasteiger partial charge in [-0.2, -0.15) is 0 Å². The lowest BCUT2D eigenvalue weighted by Crippen LogP contribution is -2.12. The van der Waals surface area contributed by atoms with Gasteiger partial charge in [-0.25, -0.2) is 4.39 Å². The lowest BCUT2D eigenvalue weighted by Gasteiger charge is -2.08. The summed E-state index contributed by atoms with van der Waals surface area (Å²) in [4.78, 5) is 1.69. The molecule has 0 aromatic heterocycles. The Morgan fingerprint density at radius 3 is 2.44 bits per heavy atom. The van der Waals surface area contributed by atoms with E-state index < -0.39 is 0 Å². The predicted molar refractivity (Wildman–Crippen MR) is 73.0 cm³/mol. The molecule has 0 saturated heterocycles. The summed E-state index contributed by atoms with van der Waals surface area (Å²) in [5.74, 6) is -0.315. The molecule has 0 unspecified atom stereocenters. The van der Waals surface area contributed by atoms with Gasteiger partial charge in [0.25, 0.3) is 0 Å². The Morgan fingerprint density at radius 1 is 1.17 bits per heavy atom. The molecule has 0 fully saturated rings. The van der Waals surface area contributed by atoms with Crippen molar-refractivity contribution in [3.8, 4) is 0 Å². The molecule has 5 heteroatoms. The van der Waals surface area contributed by atoms with Gasteiger partial charge in [-0.3, -0.25) is 5.41 Å². The van der Waals surface area contributed by atoms with Crippen LogP contribution < -0.4 is 5.73 Å². The Balaban J connectivity index is 2.34. The van der Waals surface area contributed by atoms with Gasteiger partial charge in [0.2, 0.25) is 0 Å². The van der Waals surface area contributed by atoms with Crippen molar-refractivity contribution in [1.82, 2.24) is 0 Å².